The number of benzene rings is 3. The summed E-state index contributed by atoms with van der Waals surface area (Å²) in [5, 5.41) is 3.18. The molecule has 3 aromatic carbocycles. The van der Waals surface area contributed by atoms with E-state index >= 15 is 0 Å². The minimum atomic E-state index is -0.434. The van der Waals surface area contributed by atoms with E-state index in [4.69, 9.17) is 9.47 Å². The van der Waals surface area contributed by atoms with E-state index in [9.17, 15) is 9.59 Å². The second kappa shape index (κ2) is 9.20. The number of aryl methyl sites for hydroxylation is 2. The van der Waals surface area contributed by atoms with Crippen molar-refractivity contribution in [2.24, 2.45) is 0 Å². The molecule has 0 saturated carbocycles. The second-order valence-electron chi connectivity index (χ2n) is 7.75. The molecule has 0 fully saturated rings. The first-order valence-electron chi connectivity index (χ1n) is 10.8. The Morgan fingerprint density at radius 2 is 1.61 bits per heavy atom. The molecule has 0 radical (unpaired) electrons. The van der Waals surface area contributed by atoms with E-state index in [0.29, 0.717) is 40.6 Å². The molecule has 1 aliphatic rings. The predicted molar refractivity (Wildman–Crippen MR) is 130 cm³/mol. The van der Waals surface area contributed by atoms with Crippen LogP contribution in [0.3, 0.4) is 0 Å². The lowest BCUT2D eigenvalue weighted by Gasteiger charge is -2.19. The number of nitrogens with one attached hydrogen (secondary N) is 1. The molecule has 168 valence electrons. The first kappa shape index (κ1) is 22.1. The number of nitrogens with zero attached hydrogens (tertiary/aromatic N) is 1. The largest absolute Gasteiger partial charge is 0.497 e. The van der Waals surface area contributed by atoms with Gasteiger partial charge in [-0.15, -0.1) is 0 Å². The van der Waals surface area contributed by atoms with Crippen LogP contribution in [0, 0.1) is 13.8 Å². The lowest BCUT2D eigenvalue weighted by atomic mass is 9.99. The Morgan fingerprint density at radius 3 is 2.27 bits per heavy atom. The van der Waals surface area contributed by atoms with Crippen molar-refractivity contribution in [1.29, 1.82) is 0 Å². The first-order chi connectivity index (χ1) is 15.9. The lowest BCUT2D eigenvalue weighted by molar-refractivity contribution is -0.120. The zero-order chi connectivity index (χ0) is 23.5. The lowest BCUT2D eigenvalue weighted by Crippen LogP contribution is -2.32. The number of amides is 2. The van der Waals surface area contributed by atoms with Crippen LogP contribution in [0.15, 0.2) is 72.4 Å². The van der Waals surface area contributed by atoms with Gasteiger partial charge in [0.25, 0.3) is 11.8 Å². The molecule has 2 amide bonds. The van der Waals surface area contributed by atoms with Crippen LogP contribution >= 0.6 is 0 Å². The van der Waals surface area contributed by atoms with Crippen molar-refractivity contribution in [2.75, 3.05) is 23.9 Å². The number of anilines is 2. The zero-order valence-electron chi connectivity index (χ0n) is 19.1. The summed E-state index contributed by atoms with van der Waals surface area (Å²) in [7, 11) is 1.59. The van der Waals surface area contributed by atoms with Gasteiger partial charge in [-0.3, -0.25) is 9.59 Å². The first-order valence-corrected chi connectivity index (χ1v) is 10.8. The molecule has 1 heterocycles. The summed E-state index contributed by atoms with van der Waals surface area (Å²) < 4.78 is 10.9. The fraction of sp³-hybridized carbons (Fsp3) is 0.185. The van der Waals surface area contributed by atoms with E-state index in [1.54, 1.807) is 49.6 Å². The van der Waals surface area contributed by atoms with Crippen LogP contribution in [0.2, 0.25) is 0 Å². The highest BCUT2D eigenvalue weighted by atomic mass is 16.5. The maximum Gasteiger partial charge on any atom is 0.282 e. The minimum absolute atomic E-state index is 0.222. The summed E-state index contributed by atoms with van der Waals surface area (Å²) in [6.45, 7) is 6.27. The van der Waals surface area contributed by atoms with Crippen LogP contribution in [0.25, 0.3) is 5.57 Å². The second-order valence-corrected chi connectivity index (χ2v) is 7.75. The maximum atomic E-state index is 13.7. The van der Waals surface area contributed by atoms with Crippen molar-refractivity contribution in [3.05, 3.63) is 89.1 Å². The van der Waals surface area contributed by atoms with Crippen LogP contribution in [0.5, 0.6) is 11.5 Å². The molecule has 6 nitrogen and oxygen atoms in total. The summed E-state index contributed by atoms with van der Waals surface area (Å²) in [5.41, 5.74) is 4.47. The maximum absolute atomic E-state index is 13.7. The molecule has 3 aromatic rings. The SMILES string of the molecule is CCOc1ccccc1N1C(=O)C(Nc2ccc(OC)cc2)=C(c2ccc(C)c(C)c2)C1=O. The monoisotopic (exact) mass is 442 g/mol. The van der Waals surface area contributed by atoms with Gasteiger partial charge >= 0.3 is 0 Å². The van der Waals surface area contributed by atoms with Crippen LogP contribution in [-0.2, 0) is 9.59 Å². The van der Waals surface area contributed by atoms with Crippen molar-refractivity contribution in [3.8, 4) is 11.5 Å². The zero-order valence-corrected chi connectivity index (χ0v) is 19.1. The molecular weight excluding hydrogens is 416 g/mol. The fourth-order valence-corrected chi connectivity index (χ4v) is 3.77. The minimum Gasteiger partial charge on any atom is -0.497 e. The summed E-state index contributed by atoms with van der Waals surface area (Å²) in [5.74, 6) is 0.347. The Kier molecular flexibility index (Phi) is 6.18. The van der Waals surface area contributed by atoms with Gasteiger partial charge in [0.15, 0.2) is 0 Å². The van der Waals surface area contributed by atoms with Crippen LogP contribution in [0.4, 0.5) is 11.4 Å². The number of imide groups is 1. The highest BCUT2D eigenvalue weighted by Crippen LogP contribution is 2.38. The fourth-order valence-electron chi connectivity index (χ4n) is 3.77. The van der Waals surface area contributed by atoms with Crippen LogP contribution in [0.1, 0.15) is 23.6 Å². The topological polar surface area (TPSA) is 67.9 Å². The van der Waals surface area contributed by atoms with E-state index in [-0.39, 0.29) is 5.70 Å². The number of rotatable bonds is 7. The van der Waals surface area contributed by atoms with E-state index in [1.165, 1.54) is 4.90 Å². The van der Waals surface area contributed by atoms with E-state index in [1.807, 2.05) is 45.0 Å². The van der Waals surface area contributed by atoms with Crippen LogP contribution < -0.4 is 19.7 Å². The molecule has 1 N–H and O–H groups in total. The van der Waals surface area contributed by atoms with Gasteiger partial charge in [0.05, 0.1) is 25.0 Å². The van der Waals surface area contributed by atoms with Gasteiger partial charge in [0.2, 0.25) is 0 Å². The predicted octanol–water partition coefficient (Wildman–Crippen LogP) is 5.11. The number of carbonyl (C=O) groups excluding carboxylic acids is 2. The molecule has 1 aliphatic heterocycles. The van der Waals surface area contributed by atoms with Gasteiger partial charge in [-0.1, -0.05) is 30.3 Å². The van der Waals surface area contributed by atoms with Gasteiger partial charge in [0.1, 0.15) is 17.2 Å². The molecule has 6 heteroatoms. The Hall–Kier alpha value is -4.06. The highest BCUT2D eigenvalue weighted by Gasteiger charge is 2.41. The van der Waals surface area contributed by atoms with Gasteiger partial charge in [-0.2, -0.15) is 0 Å². The quantitative estimate of drug-likeness (QED) is 0.515. The number of carbonyl (C=O) groups is 2. The van der Waals surface area contributed by atoms with Crippen LogP contribution in [-0.4, -0.2) is 25.5 Å². The van der Waals surface area contributed by atoms with Gasteiger partial charge in [-0.05, 0) is 73.9 Å². The normalized spacial score (nSPS) is 13.5. The van der Waals surface area contributed by atoms with Gasteiger partial charge < -0.3 is 14.8 Å². The molecule has 0 unspecified atom stereocenters. The number of hydrogen-bond acceptors (Lipinski definition) is 5. The van der Waals surface area contributed by atoms with Crippen molar-refractivity contribution in [2.45, 2.75) is 20.8 Å². The average molecular weight is 443 g/mol. The van der Waals surface area contributed by atoms with Crippen molar-refractivity contribution < 1.29 is 19.1 Å². The van der Waals surface area contributed by atoms with Crippen molar-refractivity contribution in [1.82, 2.24) is 0 Å². The third-order valence-electron chi connectivity index (χ3n) is 5.64. The third-order valence-corrected chi connectivity index (χ3v) is 5.64. The molecule has 0 spiro atoms. The summed E-state index contributed by atoms with van der Waals surface area (Å²) in [6, 6.07) is 20.0. The van der Waals surface area contributed by atoms with Gasteiger partial charge in [-0.25, -0.2) is 4.90 Å². The van der Waals surface area contributed by atoms with E-state index in [2.05, 4.69) is 5.32 Å². The standard InChI is InChI=1S/C27H26N2O4/c1-5-33-23-9-7-6-8-22(23)29-26(30)24(19-11-10-17(2)18(3)16-19)25(27(29)31)28-20-12-14-21(32-4)15-13-20/h6-16,28H,5H2,1-4H3. The summed E-state index contributed by atoms with van der Waals surface area (Å²) in [4.78, 5) is 28.5. The number of para-hydroxylation sites is 2. The molecule has 0 saturated heterocycles. The van der Waals surface area contributed by atoms with E-state index in [0.717, 1.165) is 11.1 Å². The highest BCUT2D eigenvalue weighted by molar-refractivity contribution is 6.46. The molecule has 0 atom stereocenters. The molecular formula is C27H26N2O4. The number of hydrogen-bond donors (Lipinski definition) is 1. The Morgan fingerprint density at radius 1 is 0.879 bits per heavy atom. The van der Waals surface area contributed by atoms with Gasteiger partial charge in [0, 0.05) is 5.69 Å². The molecule has 0 aromatic heterocycles. The van der Waals surface area contributed by atoms with E-state index < -0.39 is 11.8 Å². The Balaban J connectivity index is 1.83. The number of methoxy groups -OCH3 is 1. The van der Waals surface area contributed by atoms with Crippen molar-refractivity contribution >= 4 is 28.8 Å². The molecule has 33 heavy (non-hydrogen) atoms. The smallest absolute Gasteiger partial charge is 0.282 e. The Labute approximate surface area is 193 Å². The molecule has 0 bridgehead atoms. The van der Waals surface area contributed by atoms with Crippen molar-refractivity contribution in [3.63, 3.8) is 0 Å². The summed E-state index contributed by atoms with van der Waals surface area (Å²) in [6.07, 6.45) is 0. The third kappa shape index (κ3) is 4.20. The molecule has 0 aliphatic carbocycles. The number of ether oxygens (including phenoxy) is 2. The Bertz CT molecular complexity index is 1250. The average Bonchev–Trinajstić information content (AvgIpc) is 3.06. The summed E-state index contributed by atoms with van der Waals surface area (Å²) >= 11 is 0. The molecule has 4 rings (SSSR count).